The van der Waals surface area contributed by atoms with E-state index in [4.69, 9.17) is 10.8 Å². The minimum Gasteiger partial charge on any atom is -0.480 e. The number of carboxylic acids is 1. The second-order valence-electron chi connectivity index (χ2n) is 1.91. The molecule has 0 aromatic heterocycles. The summed E-state index contributed by atoms with van der Waals surface area (Å²) in [6.45, 7) is 0. The third kappa shape index (κ3) is 7.48. The van der Waals surface area contributed by atoms with Crippen LogP contribution < -0.4 is 5.73 Å². The van der Waals surface area contributed by atoms with Gasteiger partial charge in [-0.2, -0.15) is 0 Å². The van der Waals surface area contributed by atoms with Gasteiger partial charge in [-0.3, -0.25) is 4.79 Å². The highest BCUT2D eigenvalue weighted by Gasteiger charge is 2.13. The fourth-order valence-electron chi connectivity index (χ4n) is 0.429. The lowest BCUT2D eigenvalue weighted by Crippen LogP contribution is -2.30. The number of aliphatic carboxylic acids is 1. The summed E-state index contributed by atoms with van der Waals surface area (Å²) >= 11 is 0. The van der Waals surface area contributed by atoms with E-state index < -0.39 is 24.9 Å². The Morgan fingerprint density at radius 3 is 2.18 bits per heavy atom. The highest BCUT2D eigenvalue weighted by atomic mass is 35.5. The van der Waals surface area contributed by atoms with Gasteiger partial charge in [-0.05, 0) is 6.42 Å². The van der Waals surface area contributed by atoms with E-state index in [0.29, 0.717) is 0 Å². The van der Waals surface area contributed by atoms with E-state index in [2.05, 4.69) is 0 Å². The molecule has 0 aromatic rings. The molecule has 0 saturated heterocycles. The number of carbonyl (C=O) groups is 1. The Kier molecular flexibility index (Phi) is 7.55. The van der Waals surface area contributed by atoms with E-state index >= 15 is 0 Å². The topological polar surface area (TPSA) is 63.3 Å². The van der Waals surface area contributed by atoms with Crippen molar-refractivity contribution in [1.82, 2.24) is 0 Å². The summed E-state index contributed by atoms with van der Waals surface area (Å²) in [5, 5.41) is 8.12. The fourth-order valence-corrected chi connectivity index (χ4v) is 0.429. The lowest BCUT2D eigenvalue weighted by Gasteiger charge is -2.03. The van der Waals surface area contributed by atoms with Crippen LogP contribution in [0.3, 0.4) is 0 Å². The summed E-state index contributed by atoms with van der Waals surface area (Å²) in [4.78, 5) is 9.94. The van der Waals surface area contributed by atoms with E-state index in [9.17, 15) is 13.6 Å². The van der Waals surface area contributed by atoms with Gasteiger partial charge >= 0.3 is 5.97 Å². The predicted octanol–water partition coefficient (Wildman–Crippen LogP) is 0.865. The van der Waals surface area contributed by atoms with Gasteiger partial charge in [-0.1, -0.05) is 0 Å². The molecule has 0 rings (SSSR count). The van der Waals surface area contributed by atoms with Crippen molar-refractivity contribution in [2.45, 2.75) is 25.3 Å². The van der Waals surface area contributed by atoms with Gasteiger partial charge in [-0.15, -0.1) is 12.4 Å². The number of hydrogen-bond donors (Lipinski definition) is 2. The molecule has 0 radical (unpaired) electrons. The maximum Gasteiger partial charge on any atom is 0.320 e. The van der Waals surface area contributed by atoms with Gasteiger partial charge < -0.3 is 10.8 Å². The first-order valence-electron chi connectivity index (χ1n) is 2.80. The minimum absolute atomic E-state index is 0. The SMILES string of the molecule is Cl.N[C@H](CCC(F)F)C(=O)O. The van der Waals surface area contributed by atoms with Crippen molar-refractivity contribution in [3.8, 4) is 0 Å². The molecule has 0 heterocycles. The summed E-state index contributed by atoms with van der Waals surface area (Å²) < 4.78 is 22.8. The van der Waals surface area contributed by atoms with Crippen molar-refractivity contribution >= 4 is 18.4 Å². The molecule has 0 fully saturated rings. The van der Waals surface area contributed by atoms with Gasteiger partial charge in [0.15, 0.2) is 0 Å². The van der Waals surface area contributed by atoms with Crippen LogP contribution in [-0.2, 0) is 4.79 Å². The minimum atomic E-state index is -2.47. The van der Waals surface area contributed by atoms with Crippen LogP contribution in [0.5, 0.6) is 0 Å². The third-order valence-corrected chi connectivity index (χ3v) is 1.01. The molecule has 68 valence electrons. The van der Waals surface area contributed by atoms with Gasteiger partial charge in [0.05, 0.1) is 0 Å². The van der Waals surface area contributed by atoms with Crippen LogP contribution in [-0.4, -0.2) is 23.5 Å². The molecule has 0 unspecified atom stereocenters. The van der Waals surface area contributed by atoms with Crippen LogP contribution in [0.25, 0.3) is 0 Å². The Labute approximate surface area is 69.0 Å². The molecule has 6 heteroatoms. The van der Waals surface area contributed by atoms with E-state index in [1.807, 2.05) is 0 Å². The lowest BCUT2D eigenvalue weighted by molar-refractivity contribution is -0.138. The lowest BCUT2D eigenvalue weighted by atomic mass is 10.2. The standard InChI is InChI=1S/C5H9F2NO2.ClH/c6-4(7)2-1-3(8)5(9)10;/h3-4H,1-2,8H2,(H,9,10);1H/t3-;/m1./s1. The highest BCUT2D eigenvalue weighted by molar-refractivity contribution is 5.85. The van der Waals surface area contributed by atoms with Crippen LogP contribution in [0.2, 0.25) is 0 Å². The van der Waals surface area contributed by atoms with Crippen molar-refractivity contribution in [3.63, 3.8) is 0 Å². The Hall–Kier alpha value is -0.420. The van der Waals surface area contributed by atoms with Gasteiger partial charge in [0, 0.05) is 6.42 Å². The molecule has 0 aliphatic rings. The van der Waals surface area contributed by atoms with Crippen LogP contribution in [0.15, 0.2) is 0 Å². The van der Waals surface area contributed by atoms with Crippen LogP contribution in [0, 0.1) is 0 Å². The summed E-state index contributed by atoms with van der Waals surface area (Å²) in [5.41, 5.74) is 4.93. The van der Waals surface area contributed by atoms with Crippen molar-refractivity contribution in [2.75, 3.05) is 0 Å². The highest BCUT2D eigenvalue weighted by Crippen LogP contribution is 2.04. The van der Waals surface area contributed by atoms with Crippen LogP contribution >= 0.6 is 12.4 Å². The fraction of sp³-hybridized carbons (Fsp3) is 0.800. The van der Waals surface area contributed by atoms with Crippen molar-refractivity contribution in [1.29, 1.82) is 0 Å². The second kappa shape index (κ2) is 6.30. The molecule has 0 bridgehead atoms. The Balaban J connectivity index is 0. The predicted molar refractivity (Wildman–Crippen MR) is 38.1 cm³/mol. The molecule has 0 aliphatic carbocycles. The molecule has 0 saturated carbocycles. The largest absolute Gasteiger partial charge is 0.480 e. The number of nitrogens with two attached hydrogens (primary N) is 1. The first-order chi connectivity index (χ1) is 4.54. The zero-order chi connectivity index (χ0) is 8.15. The number of hydrogen-bond acceptors (Lipinski definition) is 2. The maximum absolute atomic E-state index is 11.4. The van der Waals surface area contributed by atoms with Crippen molar-refractivity contribution in [3.05, 3.63) is 0 Å². The Morgan fingerprint density at radius 1 is 1.45 bits per heavy atom. The monoisotopic (exact) mass is 189 g/mol. The maximum atomic E-state index is 11.4. The molecule has 0 amide bonds. The molecule has 0 spiro atoms. The molecule has 3 nitrogen and oxygen atoms in total. The molecule has 0 aromatic carbocycles. The Morgan fingerprint density at radius 2 is 1.91 bits per heavy atom. The average Bonchev–Trinajstić information content (AvgIpc) is 1.82. The molecular formula is C5H10ClF2NO2. The number of carboxylic acid groups (broad SMARTS) is 1. The van der Waals surface area contributed by atoms with Crippen molar-refractivity contribution < 1.29 is 18.7 Å². The molecule has 0 aliphatic heterocycles. The quantitative estimate of drug-likeness (QED) is 0.690. The first kappa shape index (κ1) is 13.2. The first-order valence-corrected chi connectivity index (χ1v) is 2.80. The van der Waals surface area contributed by atoms with Gasteiger partial charge in [-0.25, -0.2) is 8.78 Å². The zero-order valence-electron chi connectivity index (χ0n) is 5.67. The van der Waals surface area contributed by atoms with E-state index in [1.54, 1.807) is 0 Å². The zero-order valence-corrected chi connectivity index (χ0v) is 6.48. The summed E-state index contributed by atoms with van der Waals surface area (Å²) in [6, 6.07) is -1.16. The number of rotatable bonds is 4. The third-order valence-electron chi connectivity index (χ3n) is 1.01. The number of alkyl halides is 2. The number of halogens is 3. The summed E-state index contributed by atoms with van der Waals surface area (Å²) in [7, 11) is 0. The average molecular weight is 190 g/mol. The van der Waals surface area contributed by atoms with Crippen LogP contribution in [0.4, 0.5) is 8.78 Å². The smallest absolute Gasteiger partial charge is 0.320 e. The van der Waals surface area contributed by atoms with Gasteiger partial charge in [0.25, 0.3) is 0 Å². The van der Waals surface area contributed by atoms with Crippen LogP contribution in [0.1, 0.15) is 12.8 Å². The normalized spacial score (nSPS) is 12.4. The molecular weight excluding hydrogens is 180 g/mol. The summed E-state index contributed by atoms with van der Waals surface area (Å²) in [6.07, 6.45) is -3.09. The van der Waals surface area contributed by atoms with Gasteiger partial charge in [0.2, 0.25) is 6.43 Å². The summed E-state index contributed by atoms with van der Waals surface area (Å²) in [5.74, 6) is -1.24. The molecule has 1 atom stereocenters. The van der Waals surface area contributed by atoms with E-state index in [1.165, 1.54) is 0 Å². The van der Waals surface area contributed by atoms with Gasteiger partial charge in [0.1, 0.15) is 6.04 Å². The molecule has 3 N–H and O–H groups in total. The van der Waals surface area contributed by atoms with Crippen molar-refractivity contribution in [2.24, 2.45) is 5.73 Å². The second-order valence-corrected chi connectivity index (χ2v) is 1.91. The van der Waals surface area contributed by atoms with E-state index in [-0.39, 0.29) is 18.8 Å². The van der Waals surface area contributed by atoms with E-state index in [0.717, 1.165) is 0 Å². The Bertz CT molecular complexity index is 123. The molecule has 11 heavy (non-hydrogen) atoms.